The molecule has 0 saturated heterocycles. The van der Waals surface area contributed by atoms with E-state index in [-0.39, 0.29) is 58.7 Å². The number of aromatic nitrogens is 6. The van der Waals surface area contributed by atoms with E-state index in [1.54, 1.807) is 24.8 Å². The molecule has 18 nitrogen and oxygen atoms in total. The van der Waals surface area contributed by atoms with E-state index in [9.17, 15) is 31.4 Å². The van der Waals surface area contributed by atoms with Crippen molar-refractivity contribution >= 4 is 116 Å². The molecule has 3 aromatic heterocycles. The first-order chi connectivity index (χ1) is 22.4. The van der Waals surface area contributed by atoms with Crippen LogP contribution in [0, 0.1) is 0 Å². The minimum Gasteiger partial charge on any atom is 1.00 e. The SMILES string of the molecule is Cl.ClCCl.ClCCl.O=C(CF)n1ccnc1.O=C(O)CF.O=C(O)CF.O=C([O-])CF.O=C(n1ccnc1)n1ccnc1.O=[S](O)(=[Mg])OO.[Na+]. The van der Waals surface area contributed by atoms with E-state index in [1.165, 1.54) is 40.5 Å². The van der Waals surface area contributed by atoms with Crippen molar-refractivity contribution in [1.82, 2.24) is 28.7 Å². The predicted molar refractivity (Wildman–Crippen MR) is 168 cm³/mol. The van der Waals surface area contributed by atoms with Crippen molar-refractivity contribution in [3.05, 3.63) is 56.2 Å². The Morgan fingerprint density at radius 1 is 0.740 bits per heavy atom. The molecule has 4 N–H and O–H groups in total. The van der Waals surface area contributed by atoms with Crippen LogP contribution in [0.2, 0.25) is 0 Å². The maximum atomic E-state index is 11.6. The van der Waals surface area contributed by atoms with Crippen molar-refractivity contribution < 1.29 is 105 Å². The van der Waals surface area contributed by atoms with Crippen LogP contribution in [0.3, 0.4) is 0 Å². The second-order valence-electron chi connectivity index (χ2n) is 6.14. The van der Waals surface area contributed by atoms with Crippen LogP contribution < -0.4 is 34.7 Å². The van der Waals surface area contributed by atoms with Gasteiger partial charge in [-0.3, -0.25) is 18.5 Å². The number of carboxylic acid groups (broad SMARTS) is 3. The number of nitrogens with zero attached hydrogens (tertiary/aromatic N) is 6. The molecule has 0 aliphatic heterocycles. The molecule has 0 amide bonds. The van der Waals surface area contributed by atoms with Crippen LogP contribution in [0.15, 0.2) is 56.2 Å². The predicted octanol–water partition coefficient (Wildman–Crippen LogP) is -0.624. The number of carbonyl (C=O) groups excluding carboxylic acids is 3. The van der Waals surface area contributed by atoms with Crippen LogP contribution in [-0.2, 0) is 26.0 Å². The number of rotatable bonds is 5. The molecule has 50 heavy (non-hydrogen) atoms. The zero-order valence-corrected chi connectivity index (χ0v) is 33.3. The Balaban J connectivity index is -0.0000000883. The van der Waals surface area contributed by atoms with Gasteiger partial charge in [0.15, 0.2) is 20.0 Å². The van der Waals surface area contributed by atoms with Gasteiger partial charge in [-0.25, -0.2) is 46.9 Å². The second kappa shape index (κ2) is 45.4. The Morgan fingerprint density at radius 3 is 1.12 bits per heavy atom. The summed E-state index contributed by atoms with van der Waals surface area (Å²) >= 11 is 19.7. The average molecular weight is 875 g/mol. The molecule has 1 unspecified atom stereocenters. The van der Waals surface area contributed by atoms with Crippen LogP contribution in [0.25, 0.3) is 0 Å². The fourth-order valence-electron chi connectivity index (χ4n) is 1.35. The fourth-order valence-corrected chi connectivity index (χ4v) is 1.35. The maximum Gasteiger partial charge on any atom is 1.00 e. The first-order valence-electron chi connectivity index (χ1n) is 11.0. The van der Waals surface area contributed by atoms with Gasteiger partial charge in [0.1, 0.15) is 25.7 Å². The summed E-state index contributed by atoms with van der Waals surface area (Å²) < 4.78 is 67.5. The first kappa shape index (κ1) is 63.4. The number of imidazole rings is 3. The smallest absolute Gasteiger partial charge is 1.00 e. The monoisotopic (exact) mass is 872 g/mol. The van der Waals surface area contributed by atoms with Crippen molar-refractivity contribution in [3.8, 4) is 0 Å². The molecule has 280 valence electrons. The van der Waals surface area contributed by atoms with E-state index in [1.807, 2.05) is 0 Å². The first-order valence-corrected chi connectivity index (χ1v) is 16.5. The van der Waals surface area contributed by atoms with Gasteiger partial charge in [0, 0.05) is 37.2 Å². The van der Waals surface area contributed by atoms with E-state index >= 15 is 0 Å². The summed E-state index contributed by atoms with van der Waals surface area (Å²) in [5, 5.41) is 31.3. The van der Waals surface area contributed by atoms with Gasteiger partial charge in [0.2, 0.25) is 0 Å². The fraction of sp³-hybridized carbons (Fsp3) is 0.300. The largest absolute Gasteiger partial charge is 1.00 e. The van der Waals surface area contributed by atoms with Gasteiger partial charge >= 0.3 is 93.0 Å². The molecule has 1 atom stereocenters. The standard InChI is InChI=1S/C7H6N4O.C5H5FN2O.3C2H3FO2.2CH2Cl2.ClH.Mg.Na.H2O4S/c12-7(10-3-1-8-5-10)11-4-2-9-6-11;6-3-5(9)8-2-1-7-4-8;3*3-1-2(4)5;2*2-1-3;;;;1-4-5(2)3/h1-6H;1-2,4H,3H2;3*1H2,(H,4,5);2*1H2;1H;;;1H,(H,2,3)/q;;;;;;;;;+1;/p-1. The van der Waals surface area contributed by atoms with E-state index in [0.29, 0.717) is 19.8 Å². The van der Waals surface area contributed by atoms with E-state index in [2.05, 4.69) is 19.3 Å². The number of hydrogen-bond acceptors (Lipinski definition) is 12. The molecular formula is C20H26Cl5F4MgN6NaO12S. The number of halogens is 9. The average Bonchev–Trinajstić information content (AvgIpc) is 3.86. The molecule has 0 aliphatic carbocycles. The Morgan fingerprint density at radius 2 is 0.980 bits per heavy atom. The van der Waals surface area contributed by atoms with Crippen LogP contribution >= 0.6 is 58.8 Å². The molecule has 0 radical (unpaired) electrons. The summed E-state index contributed by atoms with van der Waals surface area (Å²) in [7, 11) is -3.33. The third kappa shape index (κ3) is 53.1. The summed E-state index contributed by atoms with van der Waals surface area (Å²) in [4.78, 5) is 59.8. The van der Waals surface area contributed by atoms with Crippen molar-refractivity contribution in [3.63, 3.8) is 0 Å². The topological polar surface area (TPSA) is 269 Å². The van der Waals surface area contributed by atoms with Crippen molar-refractivity contribution in [2.75, 3.05) is 37.4 Å². The molecule has 3 aromatic rings. The molecule has 0 bridgehead atoms. The van der Waals surface area contributed by atoms with Gasteiger partial charge in [-0.05, 0) is 0 Å². The normalized spacial score (nSPS) is 9.44. The zero-order chi connectivity index (χ0) is 38.6. The Kier molecular flexibility index (Phi) is 57.5. The van der Waals surface area contributed by atoms with Gasteiger partial charge < -0.3 is 20.1 Å². The van der Waals surface area contributed by atoms with Gasteiger partial charge in [-0.15, -0.1) is 58.8 Å². The molecular weight excluding hydrogens is 849 g/mol. The van der Waals surface area contributed by atoms with Crippen LogP contribution in [0.1, 0.15) is 4.79 Å². The molecule has 30 heteroatoms. The summed E-state index contributed by atoms with van der Waals surface area (Å²) in [6.45, 7) is -4.92. The van der Waals surface area contributed by atoms with Crippen LogP contribution in [0.5, 0.6) is 0 Å². The van der Waals surface area contributed by atoms with Crippen LogP contribution in [0.4, 0.5) is 22.4 Å². The minimum absolute atomic E-state index is 0. The number of hydrogen-bond donors (Lipinski definition) is 4. The van der Waals surface area contributed by atoms with Crippen LogP contribution in [-0.4, -0.2) is 140 Å². The zero-order valence-electron chi connectivity index (χ0n) is 25.2. The second-order valence-corrected chi connectivity index (χ2v) is 11.3. The van der Waals surface area contributed by atoms with Crippen molar-refractivity contribution in [2.24, 2.45) is 0 Å². The number of carbonyl (C=O) groups is 5. The summed E-state index contributed by atoms with van der Waals surface area (Å²) in [5.74, 6) is -5.08. The molecule has 0 aromatic carbocycles. The molecule has 3 heterocycles. The van der Waals surface area contributed by atoms with Crippen molar-refractivity contribution in [2.45, 2.75) is 0 Å². The van der Waals surface area contributed by atoms with Gasteiger partial charge in [-0.1, -0.05) is 0 Å². The third-order valence-corrected chi connectivity index (χ3v) is 3.36. The Labute approximate surface area is 340 Å². The maximum absolute atomic E-state index is 11.6. The van der Waals surface area contributed by atoms with Gasteiger partial charge in [-0.2, -0.15) is 0 Å². The molecule has 0 fully saturated rings. The van der Waals surface area contributed by atoms with E-state index in [0.717, 1.165) is 4.57 Å². The van der Waals surface area contributed by atoms with E-state index in [4.69, 9.17) is 85.9 Å². The molecule has 0 saturated carbocycles. The van der Waals surface area contributed by atoms with E-state index < -0.39 is 57.8 Å². The Hall–Kier alpha value is -1.65. The molecule has 0 spiro atoms. The number of aliphatic carboxylic acids is 3. The minimum atomic E-state index is -3.33. The Bertz CT molecular complexity index is 1260. The van der Waals surface area contributed by atoms with Gasteiger partial charge in [0.25, 0.3) is 5.91 Å². The van der Waals surface area contributed by atoms with Crippen molar-refractivity contribution in [1.29, 1.82) is 0 Å². The summed E-state index contributed by atoms with van der Waals surface area (Å²) in [5.41, 5.74) is 0. The summed E-state index contributed by atoms with van der Waals surface area (Å²) in [6, 6.07) is -0.190. The summed E-state index contributed by atoms with van der Waals surface area (Å²) in [6.07, 6.45) is 13.3. The van der Waals surface area contributed by atoms with Gasteiger partial charge in [0.05, 0.1) is 16.6 Å². The molecule has 3 rings (SSSR count). The quantitative estimate of drug-likeness (QED) is 0.0818. The third-order valence-electron chi connectivity index (χ3n) is 2.81. The molecule has 0 aliphatic rings. The number of carboxylic acids is 3. The number of alkyl halides is 8.